The molecule has 16 heavy (non-hydrogen) atoms. The molecule has 0 aliphatic rings. The number of carboxylic acid groups (broad SMARTS) is 1. The minimum atomic E-state index is -1.07. The van der Waals surface area contributed by atoms with Gasteiger partial charge in [0.2, 0.25) is 0 Å². The van der Waals surface area contributed by atoms with Crippen molar-refractivity contribution in [3.63, 3.8) is 0 Å². The lowest BCUT2D eigenvalue weighted by Gasteiger charge is -2.00. The average Bonchev–Trinajstić information content (AvgIpc) is 2.73. The van der Waals surface area contributed by atoms with Crippen molar-refractivity contribution in [3.8, 4) is 5.69 Å². The van der Waals surface area contributed by atoms with E-state index in [4.69, 9.17) is 16.7 Å². The number of hydrogen-bond acceptors (Lipinski definition) is 3. The summed E-state index contributed by atoms with van der Waals surface area (Å²) < 4.78 is 2.94. The normalized spacial score (nSPS) is 10.7. The molecule has 0 radical (unpaired) electrons. The van der Waals surface area contributed by atoms with E-state index in [0.29, 0.717) is 16.5 Å². The zero-order valence-corrected chi connectivity index (χ0v) is 9.43. The highest BCUT2D eigenvalue weighted by Gasteiger charge is 2.15. The molecular formula is C9H9ClN4O2. The highest BCUT2D eigenvalue weighted by molar-refractivity contribution is 6.31. The smallest absolute Gasteiger partial charge is 0.356 e. The van der Waals surface area contributed by atoms with Crippen LogP contribution in [0.3, 0.4) is 0 Å². The summed E-state index contributed by atoms with van der Waals surface area (Å²) in [6.45, 7) is 1.75. The van der Waals surface area contributed by atoms with Gasteiger partial charge in [0.1, 0.15) is 5.69 Å². The van der Waals surface area contributed by atoms with E-state index in [1.165, 1.54) is 21.6 Å². The first-order valence-corrected chi connectivity index (χ1v) is 4.86. The molecule has 1 N–H and O–H groups in total. The van der Waals surface area contributed by atoms with E-state index in [2.05, 4.69) is 10.2 Å². The van der Waals surface area contributed by atoms with Gasteiger partial charge in [-0.05, 0) is 13.0 Å². The van der Waals surface area contributed by atoms with Gasteiger partial charge in [-0.3, -0.25) is 4.68 Å². The Hall–Kier alpha value is -1.82. The van der Waals surface area contributed by atoms with Crippen LogP contribution in [-0.4, -0.2) is 30.6 Å². The van der Waals surface area contributed by atoms with Gasteiger partial charge >= 0.3 is 5.97 Å². The van der Waals surface area contributed by atoms with Gasteiger partial charge in [0, 0.05) is 12.7 Å². The zero-order valence-electron chi connectivity index (χ0n) is 8.68. The van der Waals surface area contributed by atoms with Gasteiger partial charge in [0.25, 0.3) is 0 Å². The van der Waals surface area contributed by atoms with Crippen LogP contribution in [0.4, 0.5) is 0 Å². The van der Waals surface area contributed by atoms with Crippen molar-refractivity contribution < 1.29 is 9.90 Å². The summed E-state index contributed by atoms with van der Waals surface area (Å²) in [5.41, 5.74) is 1.24. The first-order chi connectivity index (χ1) is 7.50. The highest BCUT2D eigenvalue weighted by atomic mass is 35.5. The summed E-state index contributed by atoms with van der Waals surface area (Å²) in [7, 11) is 1.70. The molecule has 2 heterocycles. The Bertz CT molecular complexity index is 558. The van der Waals surface area contributed by atoms with E-state index in [-0.39, 0.29) is 5.69 Å². The molecule has 0 aliphatic heterocycles. The fraction of sp³-hybridized carbons (Fsp3) is 0.222. The summed E-state index contributed by atoms with van der Waals surface area (Å²) in [4.78, 5) is 10.8. The van der Waals surface area contributed by atoms with Crippen molar-refractivity contribution in [1.82, 2.24) is 19.6 Å². The third kappa shape index (κ3) is 1.57. The maximum Gasteiger partial charge on any atom is 0.356 e. The van der Waals surface area contributed by atoms with Crippen molar-refractivity contribution in [3.05, 3.63) is 28.8 Å². The number of hydrogen-bond donors (Lipinski definition) is 1. The first-order valence-electron chi connectivity index (χ1n) is 4.48. The van der Waals surface area contributed by atoms with Crippen LogP contribution in [0, 0.1) is 6.92 Å². The number of aromatic nitrogens is 4. The van der Waals surface area contributed by atoms with Crippen molar-refractivity contribution in [2.45, 2.75) is 6.92 Å². The van der Waals surface area contributed by atoms with Crippen LogP contribution in [0.2, 0.25) is 5.15 Å². The molecular weight excluding hydrogens is 232 g/mol. The number of aryl methyl sites for hydroxylation is 2. The number of halogens is 1. The highest BCUT2D eigenvalue weighted by Crippen LogP contribution is 2.20. The predicted molar refractivity (Wildman–Crippen MR) is 57.0 cm³/mol. The second kappa shape index (κ2) is 3.64. The van der Waals surface area contributed by atoms with E-state index in [1.54, 1.807) is 14.0 Å². The quantitative estimate of drug-likeness (QED) is 0.858. The van der Waals surface area contributed by atoms with Crippen LogP contribution in [0.1, 0.15) is 16.2 Å². The van der Waals surface area contributed by atoms with Crippen molar-refractivity contribution in [2.24, 2.45) is 7.05 Å². The summed E-state index contributed by atoms with van der Waals surface area (Å²) in [6.07, 6.45) is 1.54. The third-order valence-corrected chi connectivity index (χ3v) is 2.62. The van der Waals surface area contributed by atoms with Gasteiger partial charge in [-0.1, -0.05) is 11.6 Å². The Morgan fingerprint density at radius 3 is 2.69 bits per heavy atom. The van der Waals surface area contributed by atoms with Gasteiger partial charge < -0.3 is 5.11 Å². The second-order valence-electron chi connectivity index (χ2n) is 3.33. The summed E-state index contributed by atoms with van der Waals surface area (Å²) >= 11 is 6.00. The number of carboxylic acids is 1. The van der Waals surface area contributed by atoms with Gasteiger partial charge in [0.05, 0.1) is 6.20 Å². The van der Waals surface area contributed by atoms with E-state index < -0.39 is 5.97 Å². The van der Waals surface area contributed by atoms with Crippen molar-refractivity contribution >= 4 is 17.6 Å². The van der Waals surface area contributed by atoms with Crippen LogP contribution < -0.4 is 0 Å². The number of carbonyl (C=O) groups is 1. The lowest BCUT2D eigenvalue weighted by atomic mass is 10.4. The maximum absolute atomic E-state index is 10.8. The molecule has 6 nitrogen and oxygen atoms in total. The molecule has 0 fully saturated rings. The van der Waals surface area contributed by atoms with E-state index in [9.17, 15) is 4.79 Å². The maximum atomic E-state index is 10.8. The lowest BCUT2D eigenvalue weighted by Crippen LogP contribution is -2.02. The Morgan fingerprint density at radius 2 is 2.25 bits per heavy atom. The second-order valence-corrected chi connectivity index (χ2v) is 3.69. The molecule has 0 spiro atoms. The van der Waals surface area contributed by atoms with Crippen molar-refractivity contribution in [2.75, 3.05) is 0 Å². The Labute approximate surface area is 96.1 Å². The minimum Gasteiger partial charge on any atom is -0.476 e. The van der Waals surface area contributed by atoms with Crippen molar-refractivity contribution in [1.29, 1.82) is 0 Å². The fourth-order valence-electron chi connectivity index (χ4n) is 1.38. The number of nitrogens with zero attached hydrogens (tertiary/aromatic N) is 4. The standard InChI is InChI=1S/C9H9ClN4O2/c1-5-3-6(9(15)16)12-14(5)7-4-11-13(2)8(7)10/h3-4H,1-2H3,(H,15,16). The molecule has 84 valence electrons. The predicted octanol–water partition coefficient (Wildman–Crippen LogP) is 1.27. The molecule has 0 aromatic carbocycles. The molecule has 0 saturated heterocycles. The molecule has 0 amide bonds. The molecule has 7 heteroatoms. The molecule has 0 bridgehead atoms. The SMILES string of the molecule is Cc1cc(C(=O)O)nn1-c1cnn(C)c1Cl. The Balaban J connectivity index is 2.56. The van der Waals surface area contributed by atoms with E-state index in [1.807, 2.05) is 0 Å². The lowest BCUT2D eigenvalue weighted by molar-refractivity contribution is 0.0690. The van der Waals surface area contributed by atoms with Crippen LogP contribution in [0.5, 0.6) is 0 Å². The van der Waals surface area contributed by atoms with Gasteiger partial charge in [-0.15, -0.1) is 0 Å². The van der Waals surface area contributed by atoms with E-state index >= 15 is 0 Å². The summed E-state index contributed by atoms with van der Waals surface area (Å²) in [5.74, 6) is -1.07. The molecule has 2 rings (SSSR count). The van der Waals surface area contributed by atoms with Gasteiger partial charge in [-0.25, -0.2) is 9.48 Å². The molecule has 2 aromatic heterocycles. The largest absolute Gasteiger partial charge is 0.476 e. The van der Waals surface area contributed by atoms with Crippen LogP contribution >= 0.6 is 11.6 Å². The average molecular weight is 241 g/mol. The number of aromatic carboxylic acids is 1. The monoisotopic (exact) mass is 240 g/mol. The molecule has 2 aromatic rings. The fourth-order valence-corrected chi connectivity index (χ4v) is 1.55. The van der Waals surface area contributed by atoms with Gasteiger partial charge in [0.15, 0.2) is 10.8 Å². The van der Waals surface area contributed by atoms with Crippen LogP contribution in [-0.2, 0) is 7.05 Å². The Kier molecular flexibility index (Phi) is 2.43. The van der Waals surface area contributed by atoms with Gasteiger partial charge in [-0.2, -0.15) is 10.2 Å². The molecule has 0 atom stereocenters. The minimum absolute atomic E-state index is 0.0163. The topological polar surface area (TPSA) is 72.9 Å². The molecule has 0 unspecified atom stereocenters. The van der Waals surface area contributed by atoms with Crippen LogP contribution in [0.25, 0.3) is 5.69 Å². The third-order valence-electron chi connectivity index (χ3n) is 2.18. The first kappa shape index (κ1) is 10.7. The summed E-state index contributed by atoms with van der Waals surface area (Å²) in [6, 6.07) is 1.48. The Morgan fingerprint density at radius 1 is 1.56 bits per heavy atom. The molecule has 0 saturated carbocycles. The van der Waals surface area contributed by atoms with Crippen LogP contribution in [0.15, 0.2) is 12.3 Å². The summed E-state index contributed by atoms with van der Waals surface area (Å²) in [5, 5.41) is 17.1. The zero-order chi connectivity index (χ0) is 11.9. The molecule has 0 aliphatic carbocycles. The van der Waals surface area contributed by atoms with E-state index in [0.717, 1.165) is 0 Å². The number of rotatable bonds is 2.